The summed E-state index contributed by atoms with van der Waals surface area (Å²) in [5.41, 5.74) is 2.78. The quantitative estimate of drug-likeness (QED) is 0.284. The molecule has 0 spiro atoms. The molecule has 0 saturated heterocycles. The van der Waals surface area contributed by atoms with Gasteiger partial charge in [0.05, 0.1) is 0 Å². The molecule has 0 aliphatic heterocycles. The van der Waals surface area contributed by atoms with E-state index in [0.717, 1.165) is 6.42 Å². The fraction of sp³-hybridized carbons (Fsp3) is 0.429. The van der Waals surface area contributed by atoms with Gasteiger partial charge in [-0.2, -0.15) is 6.08 Å². The van der Waals surface area contributed by atoms with E-state index in [-0.39, 0.29) is 46.5 Å². The van der Waals surface area contributed by atoms with Crippen molar-refractivity contribution in [2.45, 2.75) is 20.3 Å². The molecule has 0 bridgehead atoms. The molecule has 3 heteroatoms. The van der Waals surface area contributed by atoms with Gasteiger partial charge >= 0.3 is 21.7 Å². The minimum absolute atomic E-state index is 0. The Bertz CT molecular complexity index is 139. The molecule has 1 aliphatic carbocycles. The van der Waals surface area contributed by atoms with Crippen molar-refractivity contribution >= 4 is 0 Å². The maximum atomic E-state index is 3.12. The van der Waals surface area contributed by atoms with Crippen LogP contribution in [0.5, 0.6) is 0 Å². The Balaban J connectivity index is -0.000000163. The van der Waals surface area contributed by atoms with Crippen LogP contribution in [0.25, 0.3) is 0 Å². The van der Waals surface area contributed by atoms with Crippen LogP contribution < -0.4 is 24.8 Å². The van der Waals surface area contributed by atoms with Crippen molar-refractivity contribution in [2.24, 2.45) is 0 Å². The Morgan fingerprint density at radius 3 is 1.90 bits per heavy atom. The minimum Gasteiger partial charge on any atom is -1.00 e. The summed E-state index contributed by atoms with van der Waals surface area (Å²) in [6, 6.07) is 0. The summed E-state index contributed by atoms with van der Waals surface area (Å²) in [4.78, 5) is 0. The summed E-state index contributed by atoms with van der Waals surface area (Å²) in [5.74, 6) is 0. The summed E-state index contributed by atoms with van der Waals surface area (Å²) in [7, 11) is 0. The average Bonchev–Trinajstić information content (AvgIpc) is 1.91. The fourth-order valence-electron chi connectivity index (χ4n) is 0.634. The molecule has 0 amide bonds. The smallest absolute Gasteiger partial charge is 1.00 e. The molecule has 0 saturated carbocycles. The van der Waals surface area contributed by atoms with Crippen LogP contribution in [-0.4, -0.2) is 0 Å². The molecule has 0 heterocycles. The van der Waals surface area contributed by atoms with E-state index in [1.807, 2.05) is 0 Å². The maximum absolute atomic E-state index is 3.12. The molecule has 0 N–H and O–H groups in total. The second-order valence-corrected chi connectivity index (χ2v) is 1.96. The van der Waals surface area contributed by atoms with E-state index in [0.29, 0.717) is 0 Å². The molecule has 0 aromatic rings. The Kier molecular flexibility index (Phi) is 13.4. The van der Waals surface area contributed by atoms with E-state index in [9.17, 15) is 0 Å². The van der Waals surface area contributed by atoms with Crippen molar-refractivity contribution in [3.05, 3.63) is 23.3 Å². The van der Waals surface area contributed by atoms with Gasteiger partial charge in [0.2, 0.25) is 0 Å². The summed E-state index contributed by atoms with van der Waals surface area (Å²) in [6.45, 7) is 4.24. The molecule has 1 aliphatic rings. The van der Waals surface area contributed by atoms with Gasteiger partial charge in [-0.05, 0) is 0 Å². The van der Waals surface area contributed by atoms with Crippen LogP contribution in [-0.2, 0) is 21.7 Å². The van der Waals surface area contributed by atoms with Crippen molar-refractivity contribution in [1.82, 2.24) is 0 Å². The fourth-order valence-corrected chi connectivity index (χ4v) is 0.634. The van der Waals surface area contributed by atoms with Crippen molar-refractivity contribution in [2.75, 3.05) is 0 Å². The number of hydrogen-bond acceptors (Lipinski definition) is 0. The van der Waals surface area contributed by atoms with Crippen LogP contribution in [0, 0.1) is 6.08 Å². The Hall–Kier alpha value is 0.774. The Morgan fingerprint density at radius 1 is 1.30 bits per heavy atom. The SMILES string of the molecule is CC1=C(C)CC=[C-]1.[Cl-].[Cl-].[Ti+3]. The maximum Gasteiger partial charge on any atom is 3.00 e. The van der Waals surface area contributed by atoms with Crippen molar-refractivity contribution in [3.63, 3.8) is 0 Å². The van der Waals surface area contributed by atoms with Crippen LogP contribution in [0.1, 0.15) is 20.3 Å². The number of hydrogen-bond donors (Lipinski definition) is 0. The first-order valence-electron chi connectivity index (χ1n) is 2.55. The normalized spacial score (nSPS) is 13.4. The molecule has 0 aromatic heterocycles. The van der Waals surface area contributed by atoms with Gasteiger partial charge in [-0.25, -0.2) is 11.1 Å². The summed E-state index contributed by atoms with van der Waals surface area (Å²) >= 11 is 0. The second-order valence-electron chi connectivity index (χ2n) is 1.96. The molecular weight excluding hydrogens is 203 g/mol. The average molecular weight is 212 g/mol. The molecule has 0 nitrogen and oxygen atoms in total. The number of rotatable bonds is 0. The molecule has 0 fully saturated rings. The molecule has 55 valence electrons. The van der Waals surface area contributed by atoms with Crippen LogP contribution in [0.4, 0.5) is 0 Å². The predicted molar refractivity (Wildman–Crippen MR) is 30.8 cm³/mol. The molecule has 1 radical (unpaired) electrons. The van der Waals surface area contributed by atoms with Crippen molar-refractivity contribution in [1.29, 1.82) is 0 Å². The number of halogens is 2. The van der Waals surface area contributed by atoms with Gasteiger partial charge in [0, 0.05) is 0 Å². The summed E-state index contributed by atoms with van der Waals surface area (Å²) in [5, 5.41) is 0. The summed E-state index contributed by atoms with van der Waals surface area (Å²) in [6.07, 6.45) is 6.31. The number of allylic oxidation sites excluding steroid dienone is 4. The molecule has 10 heavy (non-hydrogen) atoms. The van der Waals surface area contributed by atoms with Gasteiger partial charge < -0.3 is 24.8 Å². The van der Waals surface area contributed by atoms with Crippen molar-refractivity contribution in [3.8, 4) is 0 Å². The van der Waals surface area contributed by atoms with E-state index in [2.05, 4.69) is 26.0 Å². The van der Waals surface area contributed by atoms with Crippen LogP contribution in [0.2, 0.25) is 0 Å². The largest absolute Gasteiger partial charge is 3.00 e. The van der Waals surface area contributed by atoms with Gasteiger partial charge in [-0.15, -0.1) is 6.92 Å². The molecular formula is C7H9Cl2Ti. The van der Waals surface area contributed by atoms with E-state index >= 15 is 0 Å². The monoisotopic (exact) mass is 211 g/mol. The van der Waals surface area contributed by atoms with Gasteiger partial charge in [0.1, 0.15) is 0 Å². The topological polar surface area (TPSA) is 0 Å². The third kappa shape index (κ3) is 4.57. The van der Waals surface area contributed by atoms with Gasteiger partial charge in [-0.3, -0.25) is 6.08 Å². The van der Waals surface area contributed by atoms with E-state index < -0.39 is 0 Å². The zero-order valence-corrected chi connectivity index (χ0v) is 9.11. The third-order valence-corrected chi connectivity index (χ3v) is 1.37. The standard InChI is InChI=1S/C7H9.2ClH.Ti/c1-6-4-3-5-7(6)2;;;/h3H,4H2,1-2H3;2*1H;/q-1;;;+3/p-2. The van der Waals surface area contributed by atoms with Crippen molar-refractivity contribution < 1.29 is 46.5 Å². The first-order valence-corrected chi connectivity index (χ1v) is 2.55. The third-order valence-electron chi connectivity index (χ3n) is 1.37. The Labute approximate surface area is 89.9 Å². The molecule has 0 aromatic carbocycles. The summed E-state index contributed by atoms with van der Waals surface area (Å²) < 4.78 is 0. The first kappa shape index (κ1) is 17.0. The van der Waals surface area contributed by atoms with Gasteiger partial charge in [0.15, 0.2) is 0 Å². The Morgan fingerprint density at radius 2 is 1.80 bits per heavy atom. The second kappa shape index (κ2) is 7.88. The predicted octanol–water partition coefficient (Wildman–Crippen LogP) is -3.91. The minimum atomic E-state index is 0. The zero-order chi connectivity index (χ0) is 5.28. The van der Waals surface area contributed by atoms with E-state index in [1.165, 1.54) is 11.1 Å². The van der Waals surface area contributed by atoms with Crippen LogP contribution in [0.3, 0.4) is 0 Å². The van der Waals surface area contributed by atoms with E-state index in [4.69, 9.17) is 0 Å². The van der Waals surface area contributed by atoms with Gasteiger partial charge in [-0.1, -0.05) is 13.3 Å². The molecule has 0 atom stereocenters. The molecule has 1 rings (SSSR count). The van der Waals surface area contributed by atoms with Crippen LogP contribution in [0.15, 0.2) is 17.2 Å². The zero-order valence-electron chi connectivity index (χ0n) is 6.04. The first-order chi connectivity index (χ1) is 3.30. The molecule has 0 unspecified atom stereocenters. The van der Waals surface area contributed by atoms with Crippen LogP contribution >= 0.6 is 0 Å². The van der Waals surface area contributed by atoms with E-state index in [1.54, 1.807) is 0 Å². The van der Waals surface area contributed by atoms with Gasteiger partial charge in [0.25, 0.3) is 0 Å².